The van der Waals surface area contributed by atoms with Gasteiger partial charge in [0, 0.05) is 32.5 Å². The molecule has 0 bridgehead atoms. The number of benzene rings is 1. The summed E-state index contributed by atoms with van der Waals surface area (Å²) in [6, 6.07) is 7.81. The summed E-state index contributed by atoms with van der Waals surface area (Å²) in [4.78, 5) is 18.3. The maximum Gasteiger partial charge on any atom is 0.293 e. The van der Waals surface area contributed by atoms with Crippen LogP contribution in [0.15, 0.2) is 41.5 Å². The maximum absolute atomic E-state index is 12.2. The van der Waals surface area contributed by atoms with Crippen LogP contribution in [-0.2, 0) is 13.6 Å². The Morgan fingerprint density at radius 1 is 1.35 bits per heavy atom. The lowest BCUT2D eigenvalue weighted by Gasteiger charge is -2.21. The molecule has 0 saturated heterocycles. The summed E-state index contributed by atoms with van der Waals surface area (Å²) in [6.45, 7) is 1.21. The summed E-state index contributed by atoms with van der Waals surface area (Å²) in [5.74, 6) is 0.443. The lowest BCUT2D eigenvalue weighted by Crippen LogP contribution is -2.32. The second-order valence-corrected chi connectivity index (χ2v) is 5.09. The molecule has 1 N–H and O–H groups in total. The molecule has 0 fully saturated rings. The Hall–Kier alpha value is -2.14. The molecule has 0 aliphatic carbocycles. The topological polar surface area (TPSA) is 58.4 Å². The molecule has 1 unspecified atom stereocenters. The molecular formula is C15H17N3O2. The van der Waals surface area contributed by atoms with Crippen LogP contribution in [0.4, 0.5) is 5.82 Å². The number of nitrogens with zero attached hydrogens (tertiary/aromatic N) is 3. The Bertz CT molecular complexity index is 681. The zero-order valence-electron chi connectivity index (χ0n) is 11.4. The van der Waals surface area contributed by atoms with Crippen molar-refractivity contribution in [1.29, 1.82) is 0 Å². The van der Waals surface area contributed by atoms with Crippen molar-refractivity contribution in [3.63, 3.8) is 0 Å². The van der Waals surface area contributed by atoms with Gasteiger partial charge in [0.05, 0.1) is 6.10 Å². The molecule has 104 valence electrons. The van der Waals surface area contributed by atoms with E-state index in [1.54, 1.807) is 19.4 Å². The van der Waals surface area contributed by atoms with Crippen molar-refractivity contribution in [1.82, 2.24) is 9.55 Å². The van der Waals surface area contributed by atoms with E-state index in [2.05, 4.69) is 4.98 Å². The Morgan fingerprint density at radius 3 is 3.00 bits per heavy atom. The molecule has 1 aromatic heterocycles. The number of aliphatic hydroxyl groups is 1. The number of aryl methyl sites for hydroxylation is 1. The quantitative estimate of drug-likeness (QED) is 0.847. The van der Waals surface area contributed by atoms with Gasteiger partial charge >= 0.3 is 0 Å². The van der Waals surface area contributed by atoms with Crippen molar-refractivity contribution >= 4 is 5.82 Å². The molecule has 5 heteroatoms. The van der Waals surface area contributed by atoms with Crippen molar-refractivity contribution in [2.24, 2.45) is 7.05 Å². The van der Waals surface area contributed by atoms with Gasteiger partial charge in [-0.05, 0) is 17.5 Å². The van der Waals surface area contributed by atoms with Gasteiger partial charge in [-0.3, -0.25) is 4.79 Å². The number of fused-ring (bicyclic) bond motifs is 1. The first-order valence-electron chi connectivity index (χ1n) is 6.69. The van der Waals surface area contributed by atoms with Crippen LogP contribution in [0.1, 0.15) is 23.7 Å². The Labute approximate surface area is 117 Å². The van der Waals surface area contributed by atoms with Crippen LogP contribution in [0.25, 0.3) is 0 Å². The number of hydrogen-bond acceptors (Lipinski definition) is 4. The van der Waals surface area contributed by atoms with E-state index in [9.17, 15) is 9.90 Å². The second kappa shape index (κ2) is 5.09. The Morgan fingerprint density at radius 2 is 2.15 bits per heavy atom. The van der Waals surface area contributed by atoms with Crippen LogP contribution in [0.3, 0.4) is 0 Å². The zero-order chi connectivity index (χ0) is 14.1. The summed E-state index contributed by atoms with van der Waals surface area (Å²) in [6.07, 6.45) is 3.39. The van der Waals surface area contributed by atoms with E-state index in [4.69, 9.17) is 0 Å². The summed E-state index contributed by atoms with van der Waals surface area (Å²) in [5.41, 5.74) is 1.88. The molecular weight excluding hydrogens is 254 g/mol. The van der Waals surface area contributed by atoms with Crippen LogP contribution in [0, 0.1) is 0 Å². The van der Waals surface area contributed by atoms with E-state index in [1.807, 2.05) is 29.2 Å². The third-order valence-electron chi connectivity index (χ3n) is 3.75. The fourth-order valence-corrected chi connectivity index (χ4v) is 2.60. The Kier molecular flexibility index (Phi) is 3.28. The maximum atomic E-state index is 12.2. The van der Waals surface area contributed by atoms with Crippen molar-refractivity contribution in [2.75, 3.05) is 11.4 Å². The van der Waals surface area contributed by atoms with Crippen LogP contribution < -0.4 is 10.5 Å². The summed E-state index contributed by atoms with van der Waals surface area (Å²) in [7, 11) is 1.72. The molecule has 3 rings (SSSR count). The van der Waals surface area contributed by atoms with Crippen molar-refractivity contribution < 1.29 is 5.11 Å². The minimum Gasteiger partial charge on any atom is -0.388 e. The minimum absolute atomic E-state index is 0.110. The predicted molar refractivity (Wildman–Crippen MR) is 76.5 cm³/mol. The molecule has 20 heavy (non-hydrogen) atoms. The van der Waals surface area contributed by atoms with E-state index in [-0.39, 0.29) is 5.56 Å². The van der Waals surface area contributed by atoms with Gasteiger partial charge in [-0.1, -0.05) is 24.3 Å². The third kappa shape index (κ3) is 2.20. The molecule has 0 radical (unpaired) electrons. The van der Waals surface area contributed by atoms with Gasteiger partial charge in [0.25, 0.3) is 5.56 Å². The molecule has 0 amide bonds. The number of aromatic nitrogens is 2. The highest BCUT2D eigenvalue weighted by Gasteiger charge is 2.22. The van der Waals surface area contributed by atoms with E-state index in [1.165, 1.54) is 4.57 Å². The molecule has 0 spiro atoms. The number of hydrogen-bond donors (Lipinski definition) is 1. The lowest BCUT2D eigenvalue weighted by molar-refractivity contribution is 0.171. The predicted octanol–water partition coefficient (Wildman–Crippen LogP) is 1.22. The van der Waals surface area contributed by atoms with Gasteiger partial charge in [-0.25, -0.2) is 4.98 Å². The van der Waals surface area contributed by atoms with Gasteiger partial charge in [-0.2, -0.15) is 0 Å². The van der Waals surface area contributed by atoms with Crippen LogP contribution >= 0.6 is 0 Å². The Balaban J connectivity index is 2.01. The van der Waals surface area contributed by atoms with E-state index in [0.29, 0.717) is 25.3 Å². The van der Waals surface area contributed by atoms with E-state index >= 15 is 0 Å². The first-order valence-corrected chi connectivity index (χ1v) is 6.69. The molecule has 2 heterocycles. The fourth-order valence-electron chi connectivity index (χ4n) is 2.60. The highest BCUT2D eigenvalue weighted by atomic mass is 16.3. The van der Waals surface area contributed by atoms with Crippen LogP contribution in [0.2, 0.25) is 0 Å². The van der Waals surface area contributed by atoms with Gasteiger partial charge in [0.1, 0.15) is 0 Å². The highest BCUT2D eigenvalue weighted by molar-refractivity contribution is 5.41. The average molecular weight is 271 g/mol. The van der Waals surface area contributed by atoms with Crippen molar-refractivity contribution in [3.05, 3.63) is 58.1 Å². The largest absolute Gasteiger partial charge is 0.388 e. The standard InChI is InChI=1S/C15H17N3O2/c1-17-9-7-16-14(15(17)20)18-8-6-13(19)12-5-3-2-4-11(12)10-18/h2-5,7,9,13,19H,6,8,10H2,1H3. The smallest absolute Gasteiger partial charge is 0.293 e. The SMILES string of the molecule is Cn1ccnc(N2CCC(O)c3ccccc3C2)c1=O. The monoisotopic (exact) mass is 271 g/mol. The summed E-state index contributed by atoms with van der Waals surface area (Å²) in [5, 5.41) is 10.2. The first kappa shape index (κ1) is 12.9. The lowest BCUT2D eigenvalue weighted by atomic mass is 10.0. The third-order valence-corrected chi connectivity index (χ3v) is 3.75. The number of anilines is 1. The minimum atomic E-state index is -0.483. The van der Waals surface area contributed by atoms with E-state index < -0.39 is 6.10 Å². The normalized spacial score (nSPS) is 18.5. The van der Waals surface area contributed by atoms with Crippen molar-refractivity contribution in [2.45, 2.75) is 19.1 Å². The molecule has 1 aromatic carbocycles. The fraction of sp³-hybridized carbons (Fsp3) is 0.333. The van der Waals surface area contributed by atoms with Gasteiger partial charge in [0.15, 0.2) is 5.82 Å². The van der Waals surface area contributed by atoms with Crippen LogP contribution in [0.5, 0.6) is 0 Å². The molecule has 2 aromatic rings. The number of aliphatic hydroxyl groups excluding tert-OH is 1. The second-order valence-electron chi connectivity index (χ2n) is 5.09. The molecule has 0 saturated carbocycles. The summed E-state index contributed by atoms with van der Waals surface area (Å²) >= 11 is 0. The van der Waals surface area contributed by atoms with Gasteiger partial charge < -0.3 is 14.6 Å². The highest BCUT2D eigenvalue weighted by Crippen LogP contribution is 2.27. The molecule has 1 aliphatic heterocycles. The van der Waals surface area contributed by atoms with Gasteiger partial charge in [-0.15, -0.1) is 0 Å². The van der Waals surface area contributed by atoms with Gasteiger partial charge in [0.2, 0.25) is 0 Å². The van der Waals surface area contributed by atoms with E-state index in [0.717, 1.165) is 11.1 Å². The zero-order valence-corrected chi connectivity index (χ0v) is 11.4. The number of rotatable bonds is 1. The average Bonchev–Trinajstić information content (AvgIpc) is 2.62. The van der Waals surface area contributed by atoms with Crippen LogP contribution in [-0.4, -0.2) is 21.2 Å². The first-order chi connectivity index (χ1) is 9.66. The molecule has 1 atom stereocenters. The summed E-state index contributed by atoms with van der Waals surface area (Å²) < 4.78 is 1.52. The molecule has 5 nitrogen and oxygen atoms in total. The molecule has 1 aliphatic rings. The van der Waals surface area contributed by atoms with Crippen molar-refractivity contribution in [3.8, 4) is 0 Å².